The Bertz CT molecular complexity index is 1710. The number of amides is 1. The van der Waals surface area contributed by atoms with Crippen molar-refractivity contribution in [3.05, 3.63) is 72.3 Å². The van der Waals surface area contributed by atoms with E-state index in [1.807, 2.05) is 0 Å². The number of nitrogens with zero attached hydrogens (tertiary/aromatic N) is 5. The first-order chi connectivity index (χ1) is 16.7. The first-order valence-corrected chi connectivity index (χ1v) is 12.0. The van der Waals surface area contributed by atoms with Crippen molar-refractivity contribution in [3.63, 3.8) is 0 Å². The highest BCUT2D eigenvalue weighted by Crippen LogP contribution is 2.31. The van der Waals surface area contributed by atoms with Crippen LogP contribution in [0.4, 0.5) is 15.9 Å². The normalized spacial score (nSPS) is 11.6. The first-order valence-electron chi connectivity index (χ1n) is 10.1. The average molecular weight is 493 g/mol. The molecule has 0 aliphatic heterocycles. The Hall–Kier alpha value is -4.65. The van der Waals surface area contributed by atoms with Gasteiger partial charge in [-0.2, -0.15) is 4.68 Å². The van der Waals surface area contributed by atoms with Gasteiger partial charge in [0, 0.05) is 23.1 Å². The molecule has 0 bridgehead atoms. The molecule has 0 aliphatic rings. The molecule has 0 saturated carbocycles. The SMILES string of the molecule is CS(=O)(=O)c1ccccc1-c1ccc(NC(=O)c2nnnn2-c2ccc3onc(N)c3c2)cc1F. The number of nitrogens with two attached hydrogens (primary N) is 1. The minimum absolute atomic E-state index is 0.000268. The van der Waals surface area contributed by atoms with Gasteiger partial charge in [0.1, 0.15) is 5.82 Å². The molecule has 2 heterocycles. The predicted molar refractivity (Wildman–Crippen MR) is 124 cm³/mol. The van der Waals surface area contributed by atoms with Crippen molar-refractivity contribution in [2.45, 2.75) is 4.90 Å². The van der Waals surface area contributed by atoms with E-state index in [0.29, 0.717) is 16.7 Å². The Kier molecular flexibility index (Phi) is 5.25. The number of hydrogen-bond acceptors (Lipinski definition) is 9. The Balaban J connectivity index is 1.44. The number of nitrogen functional groups attached to an aromatic ring is 1. The Morgan fingerprint density at radius 2 is 1.89 bits per heavy atom. The molecule has 0 saturated heterocycles. The van der Waals surface area contributed by atoms with E-state index in [4.69, 9.17) is 10.3 Å². The molecule has 0 radical (unpaired) electrons. The highest BCUT2D eigenvalue weighted by atomic mass is 32.2. The first kappa shape index (κ1) is 22.2. The number of hydrogen-bond donors (Lipinski definition) is 2. The molecule has 0 unspecified atom stereocenters. The third kappa shape index (κ3) is 4.08. The van der Waals surface area contributed by atoms with Gasteiger partial charge in [-0.05, 0) is 52.9 Å². The van der Waals surface area contributed by atoms with Crippen molar-refractivity contribution in [1.29, 1.82) is 0 Å². The number of benzene rings is 3. The van der Waals surface area contributed by atoms with Crippen LogP contribution in [-0.2, 0) is 9.84 Å². The molecule has 0 spiro atoms. The zero-order chi connectivity index (χ0) is 24.7. The van der Waals surface area contributed by atoms with Gasteiger partial charge in [-0.25, -0.2) is 12.8 Å². The molecule has 1 amide bonds. The molecular weight excluding hydrogens is 477 g/mol. The molecule has 13 heteroatoms. The van der Waals surface area contributed by atoms with Gasteiger partial charge in [0.05, 0.1) is 16.0 Å². The standard InChI is InChI=1S/C22H16FN7O4S/c1-35(32,33)19-5-3-2-4-15(19)14-8-6-12(10-17(14)23)25-22(31)21-26-28-29-30(21)13-7-9-18-16(11-13)20(24)27-34-18/h2-11H,1H3,(H2,24,27)(H,25,31). The van der Waals surface area contributed by atoms with E-state index in [-0.39, 0.29) is 33.4 Å². The number of tetrazole rings is 1. The van der Waals surface area contributed by atoms with Crippen LogP contribution in [0.15, 0.2) is 70.1 Å². The van der Waals surface area contributed by atoms with Crippen LogP contribution in [0, 0.1) is 5.82 Å². The van der Waals surface area contributed by atoms with Crippen molar-refractivity contribution < 1.29 is 22.1 Å². The van der Waals surface area contributed by atoms with Crippen LogP contribution >= 0.6 is 0 Å². The molecule has 176 valence electrons. The van der Waals surface area contributed by atoms with Crippen molar-refractivity contribution in [2.75, 3.05) is 17.3 Å². The zero-order valence-corrected chi connectivity index (χ0v) is 18.8. The number of carbonyl (C=O) groups excluding carboxylic acids is 1. The van der Waals surface area contributed by atoms with Gasteiger partial charge in [0.2, 0.25) is 5.82 Å². The monoisotopic (exact) mass is 493 g/mol. The van der Waals surface area contributed by atoms with Crippen LogP contribution in [0.5, 0.6) is 0 Å². The maximum absolute atomic E-state index is 15.0. The summed E-state index contributed by atoms with van der Waals surface area (Å²) >= 11 is 0. The number of carbonyl (C=O) groups is 1. The van der Waals surface area contributed by atoms with E-state index in [9.17, 15) is 17.6 Å². The van der Waals surface area contributed by atoms with Gasteiger partial charge in [-0.3, -0.25) is 4.79 Å². The molecule has 0 fully saturated rings. The molecule has 35 heavy (non-hydrogen) atoms. The van der Waals surface area contributed by atoms with Gasteiger partial charge in [0.15, 0.2) is 21.2 Å². The summed E-state index contributed by atoms with van der Waals surface area (Å²) in [5, 5.41) is 17.9. The fraction of sp³-hybridized carbons (Fsp3) is 0.0455. The fourth-order valence-corrected chi connectivity index (χ4v) is 4.49. The molecule has 5 rings (SSSR count). The number of sulfone groups is 1. The van der Waals surface area contributed by atoms with E-state index in [1.165, 1.54) is 28.9 Å². The largest absolute Gasteiger partial charge is 0.380 e. The van der Waals surface area contributed by atoms with E-state index in [2.05, 4.69) is 26.0 Å². The number of fused-ring (bicyclic) bond motifs is 1. The summed E-state index contributed by atoms with van der Waals surface area (Å²) in [5.41, 5.74) is 7.10. The summed E-state index contributed by atoms with van der Waals surface area (Å²) in [6.07, 6.45) is 1.05. The number of aromatic nitrogens is 5. The summed E-state index contributed by atoms with van der Waals surface area (Å²) < 4.78 is 45.4. The number of anilines is 2. The molecule has 5 aromatic rings. The Morgan fingerprint density at radius 1 is 1.09 bits per heavy atom. The van der Waals surface area contributed by atoms with Crippen LogP contribution in [0.3, 0.4) is 0 Å². The molecule has 2 aromatic heterocycles. The number of halogens is 1. The lowest BCUT2D eigenvalue weighted by molar-refractivity contribution is 0.101. The third-order valence-corrected chi connectivity index (χ3v) is 6.36. The highest BCUT2D eigenvalue weighted by molar-refractivity contribution is 7.90. The van der Waals surface area contributed by atoms with Crippen LogP contribution in [-0.4, -0.2) is 45.9 Å². The summed E-state index contributed by atoms with van der Waals surface area (Å²) in [7, 11) is -3.58. The Labute approximate surface area is 197 Å². The van der Waals surface area contributed by atoms with E-state index in [0.717, 1.165) is 12.3 Å². The smallest absolute Gasteiger partial charge is 0.295 e. The third-order valence-electron chi connectivity index (χ3n) is 5.20. The zero-order valence-electron chi connectivity index (χ0n) is 18.0. The summed E-state index contributed by atoms with van der Waals surface area (Å²) in [6, 6.07) is 14.9. The lowest BCUT2D eigenvalue weighted by Crippen LogP contribution is -2.18. The second kappa shape index (κ2) is 8.29. The lowest BCUT2D eigenvalue weighted by Gasteiger charge is -2.11. The van der Waals surface area contributed by atoms with Crippen molar-refractivity contribution in [1.82, 2.24) is 25.4 Å². The molecule has 0 atom stereocenters. The average Bonchev–Trinajstić information content (AvgIpc) is 3.46. The second-order valence-electron chi connectivity index (χ2n) is 7.58. The number of rotatable bonds is 5. The van der Waals surface area contributed by atoms with Gasteiger partial charge < -0.3 is 15.6 Å². The Morgan fingerprint density at radius 3 is 2.66 bits per heavy atom. The van der Waals surface area contributed by atoms with Crippen molar-refractivity contribution >= 4 is 38.2 Å². The van der Waals surface area contributed by atoms with Crippen molar-refractivity contribution in [2.24, 2.45) is 0 Å². The highest BCUT2D eigenvalue weighted by Gasteiger charge is 2.20. The number of nitrogens with one attached hydrogen (secondary N) is 1. The fourth-order valence-electron chi connectivity index (χ4n) is 3.59. The minimum Gasteiger partial charge on any atom is -0.380 e. The van der Waals surface area contributed by atoms with Crippen LogP contribution in [0.25, 0.3) is 27.8 Å². The molecular formula is C22H16FN7O4S. The van der Waals surface area contributed by atoms with Crippen LogP contribution in [0.1, 0.15) is 10.6 Å². The molecule has 0 aliphatic carbocycles. The summed E-state index contributed by atoms with van der Waals surface area (Å²) in [5.74, 6) is -1.40. The van der Waals surface area contributed by atoms with E-state index >= 15 is 0 Å². The van der Waals surface area contributed by atoms with Crippen molar-refractivity contribution in [3.8, 4) is 16.8 Å². The minimum atomic E-state index is -3.58. The van der Waals surface area contributed by atoms with E-state index < -0.39 is 21.6 Å². The maximum atomic E-state index is 15.0. The van der Waals surface area contributed by atoms with E-state index in [1.54, 1.807) is 30.3 Å². The molecule has 11 nitrogen and oxygen atoms in total. The second-order valence-corrected chi connectivity index (χ2v) is 9.56. The molecule has 3 aromatic carbocycles. The molecule has 3 N–H and O–H groups in total. The quantitative estimate of drug-likeness (QED) is 0.375. The maximum Gasteiger partial charge on any atom is 0.295 e. The topological polar surface area (TPSA) is 159 Å². The van der Waals surface area contributed by atoms with Gasteiger partial charge >= 0.3 is 0 Å². The van der Waals surface area contributed by atoms with Crippen LogP contribution < -0.4 is 11.1 Å². The van der Waals surface area contributed by atoms with Crippen LogP contribution in [0.2, 0.25) is 0 Å². The predicted octanol–water partition coefficient (Wildman–Crippen LogP) is 2.85. The van der Waals surface area contributed by atoms with Gasteiger partial charge in [0.25, 0.3) is 5.91 Å². The van der Waals surface area contributed by atoms with Gasteiger partial charge in [-0.15, -0.1) is 5.10 Å². The summed E-state index contributed by atoms with van der Waals surface area (Å²) in [6.45, 7) is 0. The lowest BCUT2D eigenvalue weighted by atomic mass is 10.0. The van der Waals surface area contributed by atoms with Gasteiger partial charge in [-0.1, -0.05) is 23.4 Å². The summed E-state index contributed by atoms with van der Waals surface area (Å²) in [4.78, 5) is 12.9.